The summed E-state index contributed by atoms with van der Waals surface area (Å²) in [6.07, 6.45) is 0. The molecule has 1 aromatic carbocycles. The van der Waals surface area contributed by atoms with E-state index in [9.17, 15) is 0 Å². The first kappa shape index (κ1) is 13.9. The minimum absolute atomic E-state index is 0. The van der Waals surface area contributed by atoms with E-state index in [1.54, 1.807) is 11.3 Å². The summed E-state index contributed by atoms with van der Waals surface area (Å²) >= 11 is 1.73. The molecule has 2 rings (SSSR count). The maximum Gasteiger partial charge on any atom is 0.482 e. The number of thiophene rings is 1. The Labute approximate surface area is 106 Å². The Kier molecular flexibility index (Phi) is 7.34. The van der Waals surface area contributed by atoms with Gasteiger partial charge in [0.1, 0.15) is 0 Å². The zero-order valence-corrected chi connectivity index (χ0v) is 10.1. The van der Waals surface area contributed by atoms with Crippen LogP contribution in [-0.2, 0) is 18.0 Å². The van der Waals surface area contributed by atoms with Crippen LogP contribution in [0.4, 0.5) is 0 Å². The molecule has 3 nitrogen and oxygen atoms in total. The second-order valence-corrected chi connectivity index (χ2v) is 4.21. The van der Waals surface area contributed by atoms with Crippen LogP contribution in [0.3, 0.4) is 0 Å². The summed E-state index contributed by atoms with van der Waals surface area (Å²) in [5.41, 5.74) is 1.23. The van der Waals surface area contributed by atoms with Gasteiger partial charge in [0.15, 0.2) is 0 Å². The summed E-state index contributed by atoms with van der Waals surface area (Å²) in [4.78, 5) is 1.28. The average molecular weight is 249 g/mol. The van der Waals surface area contributed by atoms with E-state index in [1.165, 1.54) is 10.4 Å². The molecule has 0 bridgehead atoms. The number of rotatable bonds is 4. The van der Waals surface area contributed by atoms with Gasteiger partial charge < -0.3 is 14.8 Å². The van der Waals surface area contributed by atoms with Crippen molar-refractivity contribution in [2.24, 2.45) is 0 Å². The Hall–Kier alpha value is -1.14. The van der Waals surface area contributed by atoms with Crippen LogP contribution in [0, 0.1) is 0 Å². The van der Waals surface area contributed by atoms with Crippen molar-refractivity contribution in [3.8, 4) is 0 Å². The van der Waals surface area contributed by atoms with E-state index in [4.69, 9.17) is 14.8 Å². The number of benzene rings is 1. The SMILES string of the molecule is O[B]O.c1ccc(COCc2cccs2)cc1. The van der Waals surface area contributed by atoms with E-state index in [0.717, 1.165) is 0 Å². The van der Waals surface area contributed by atoms with Gasteiger partial charge in [-0.3, -0.25) is 0 Å². The molecule has 5 heteroatoms. The third-order valence-electron chi connectivity index (χ3n) is 1.94. The van der Waals surface area contributed by atoms with Crippen molar-refractivity contribution in [2.75, 3.05) is 0 Å². The Bertz CT molecular complexity index is 378. The molecule has 0 aliphatic rings. The van der Waals surface area contributed by atoms with Gasteiger partial charge in [-0.25, -0.2) is 0 Å². The minimum atomic E-state index is 0. The van der Waals surface area contributed by atoms with Crippen LogP contribution in [0.25, 0.3) is 0 Å². The number of hydrogen-bond acceptors (Lipinski definition) is 4. The summed E-state index contributed by atoms with van der Waals surface area (Å²) in [5.74, 6) is 0. The van der Waals surface area contributed by atoms with Gasteiger partial charge >= 0.3 is 7.69 Å². The van der Waals surface area contributed by atoms with Crippen LogP contribution in [0.15, 0.2) is 47.8 Å². The molecule has 1 radical (unpaired) electrons. The fraction of sp³-hybridized carbons (Fsp3) is 0.167. The molecule has 89 valence electrons. The fourth-order valence-corrected chi connectivity index (χ4v) is 1.88. The number of hydrogen-bond donors (Lipinski definition) is 2. The molecule has 1 aromatic heterocycles. The predicted molar refractivity (Wildman–Crippen MR) is 69.4 cm³/mol. The Morgan fingerprint density at radius 2 is 1.71 bits per heavy atom. The van der Waals surface area contributed by atoms with Crippen molar-refractivity contribution in [1.82, 2.24) is 0 Å². The minimum Gasteiger partial charge on any atom is -0.429 e. The van der Waals surface area contributed by atoms with Gasteiger partial charge in [0.05, 0.1) is 13.2 Å². The largest absolute Gasteiger partial charge is 0.482 e. The van der Waals surface area contributed by atoms with Gasteiger partial charge in [-0.05, 0) is 17.0 Å². The number of ether oxygens (including phenoxy) is 1. The molecule has 0 unspecified atom stereocenters. The Morgan fingerprint density at radius 3 is 2.29 bits per heavy atom. The smallest absolute Gasteiger partial charge is 0.429 e. The third-order valence-corrected chi connectivity index (χ3v) is 2.79. The van der Waals surface area contributed by atoms with Crippen molar-refractivity contribution < 1.29 is 14.8 Å². The summed E-state index contributed by atoms with van der Waals surface area (Å²) in [5, 5.41) is 16.1. The highest BCUT2D eigenvalue weighted by Gasteiger charge is 1.94. The van der Waals surface area contributed by atoms with Crippen LogP contribution < -0.4 is 0 Å². The average Bonchev–Trinajstić information content (AvgIpc) is 2.85. The lowest BCUT2D eigenvalue weighted by Crippen LogP contribution is -1.91. The first-order valence-electron chi connectivity index (χ1n) is 5.11. The zero-order chi connectivity index (χ0) is 12.3. The quantitative estimate of drug-likeness (QED) is 0.814. The van der Waals surface area contributed by atoms with Crippen molar-refractivity contribution in [3.63, 3.8) is 0 Å². The van der Waals surface area contributed by atoms with Crippen LogP contribution in [0.1, 0.15) is 10.4 Å². The lowest BCUT2D eigenvalue weighted by atomic mass is 10.2. The Morgan fingerprint density at radius 1 is 1.00 bits per heavy atom. The molecule has 0 atom stereocenters. The molecule has 17 heavy (non-hydrogen) atoms. The molecule has 0 aliphatic carbocycles. The summed E-state index contributed by atoms with van der Waals surface area (Å²) in [7, 11) is 0. The highest BCUT2D eigenvalue weighted by Crippen LogP contribution is 2.11. The molecule has 1 heterocycles. The van der Waals surface area contributed by atoms with E-state index < -0.39 is 0 Å². The molecule has 2 aromatic rings. The van der Waals surface area contributed by atoms with Crippen molar-refractivity contribution >= 4 is 19.0 Å². The van der Waals surface area contributed by atoms with Crippen molar-refractivity contribution in [1.29, 1.82) is 0 Å². The summed E-state index contributed by atoms with van der Waals surface area (Å²) < 4.78 is 5.57. The molecule has 0 spiro atoms. The molecule has 2 N–H and O–H groups in total. The standard InChI is InChI=1S/C12H12OS.BH2O2/c1-2-5-11(6-3-1)9-13-10-12-7-4-8-14-12;2-1-3/h1-8H,9-10H2;2-3H. The van der Waals surface area contributed by atoms with Gasteiger partial charge in [-0.2, -0.15) is 0 Å². The molecule has 0 saturated carbocycles. The van der Waals surface area contributed by atoms with Gasteiger partial charge in [0.25, 0.3) is 0 Å². The van der Waals surface area contributed by atoms with E-state index in [1.807, 2.05) is 24.3 Å². The van der Waals surface area contributed by atoms with E-state index in [-0.39, 0.29) is 7.69 Å². The second-order valence-electron chi connectivity index (χ2n) is 3.17. The lowest BCUT2D eigenvalue weighted by molar-refractivity contribution is 0.109. The van der Waals surface area contributed by atoms with Gasteiger partial charge in [0.2, 0.25) is 0 Å². The van der Waals surface area contributed by atoms with E-state index in [0.29, 0.717) is 13.2 Å². The third kappa shape index (κ3) is 6.23. The highest BCUT2D eigenvalue weighted by molar-refractivity contribution is 7.09. The maximum absolute atomic E-state index is 7.00. The van der Waals surface area contributed by atoms with Crippen molar-refractivity contribution in [3.05, 3.63) is 58.3 Å². The molecule has 0 aliphatic heterocycles. The molecule has 0 fully saturated rings. The van der Waals surface area contributed by atoms with Crippen LogP contribution >= 0.6 is 11.3 Å². The van der Waals surface area contributed by atoms with Gasteiger partial charge in [0, 0.05) is 4.88 Å². The molecular weight excluding hydrogens is 235 g/mol. The van der Waals surface area contributed by atoms with Crippen LogP contribution in [0.5, 0.6) is 0 Å². The van der Waals surface area contributed by atoms with Gasteiger partial charge in [-0.15, -0.1) is 11.3 Å². The fourth-order valence-electron chi connectivity index (χ4n) is 1.24. The normalized spacial score (nSPS) is 9.29. The highest BCUT2D eigenvalue weighted by atomic mass is 32.1. The lowest BCUT2D eigenvalue weighted by Gasteiger charge is -2.01. The predicted octanol–water partition coefficient (Wildman–Crippen LogP) is 1.97. The summed E-state index contributed by atoms with van der Waals surface area (Å²) in [6.45, 7) is 1.41. The van der Waals surface area contributed by atoms with E-state index in [2.05, 4.69) is 23.6 Å². The van der Waals surface area contributed by atoms with Crippen molar-refractivity contribution in [2.45, 2.75) is 13.2 Å². The first-order chi connectivity index (χ1) is 8.36. The zero-order valence-electron chi connectivity index (χ0n) is 9.32. The Balaban J connectivity index is 0.000000437. The second kappa shape index (κ2) is 8.95. The van der Waals surface area contributed by atoms with E-state index >= 15 is 0 Å². The summed E-state index contributed by atoms with van der Waals surface area (Å²) in [6, 6.07) is 14.4. The van der Waals surface area contributed by atoms with Crippen LogP contribution in [-0.4, -0.2) is 17.7 Å². The monoisotopic (exact) mass is 249 g/mol. The topological polar surface area (TPSA) is 49.7 Å². The molecule has 0 amide bonds. The van der Waals surface area contributed by atoms with Gasteiger partial charge in [-0.1, -0.05) is 36.4 Å². The first-order valence-corrected chi connectivity index (χ1v) is 5.99. The maximum atomic E-state index is 7.00. The molecule has 0 saturated heterocycles. The van der Waals surface area contributed by atoms with Crippen LogP contribution in [0.2, 0.25) is 0 Å². The molecular formula is C12H14BO3S.